The van der Waals surface area contributed by atoms with Crippen LogP contribution in [0.25, 0.3) is 0 Å². The van der Waals surface area contributed by atoms with Gasteiger partial charge >= 0.3 is 5.97 Å². The molecule has 0 aromatic rings. The fourth-order valence-electron chi connectivity index (χ4n) is 0.732. The van der Waals surface area contributed by atoms with Gasteiger partial charge in [0, 0.05) is 0 Å². The Hall–Kier alpha value is -0.350. The Bertz CT molecular complexity index is 277. The van der Waals surface area contributed by atoms with E-state index in [0.29, 0.717) is 9.29 Å². The minimum atomic E-state index is -0.640. The molecule has 0 N–H and O–H groups in total. The third-order valence-corrected chi connectivity index (χ3v) is 3.93. The van der Waals surface area contributed by atoms with Gasteiger partial charge in [-0.3, -0.25) is 4.79 Å². The summed E-state index contributed by atoms with van der Waals surface area (Å²) in [5.41, 5.74) is 0.343. The lowest BCUT2D eigenvalue weighted by Gasteiger charge is -2.29. The molecule has 0 atom stereocenters. The zero-order chi connectivity index (χ0) is 10.2. The molecule has 4 heteroatoms. The van der Waals surface area contributed by atoms with Gasteiger partial charge in [0.1, 0.15) is 5.41 Å². The molecular formula is C9H12O2S2. The van der Waals surface area contributed by atoms with Gasteiger partial charge in [-0.1, -0.05) is 12.2 Å². The number of allylic oxidation sites excluding steroid dienone is 1. The summed E-state index contributed by atoms with van der Waals surface area (Å²) in [6.45, 7) is 7.37. The summed E-state index contributed by atoms with van der Waals surface area (Å²) in [5, 5.41) is 0.634. The third kappa shape index (κ3) is 1.94. The molecule has 1 fully saturated rings. The fraction of sp³-hybridized carbons (Fsp3) is 0.556. The van der Waals surface area contributed by atoms with Gasteiger partial charge in [0.2, 0.25) is 0 Å². The Labute approximate surface area is 87.7 Å². The minimum absolute atomic E-state index is 0.257. The second kappa shape index (κ2) is 3.42. The Kier molecular flexibility index (Phi) is 2.82. The number of carbonyl (C=O) groups excluding carboxylic acids is 1. The van der Waals surface area contributed by atoms with Crippen LogP contribution in [0.3, 0.4) is 0 Å². The van der Waals surface area contributed by atoms with Crippen LogP contribution in [0.15, 0.2) is 10.7 Å². The number of thioether (sulfide) groups is 1. The van der Waals surface area contributed by atoms with Crippen LogP contribution in [0.1, 0.15) is 27.7 Å². The number of carbonyl (C=O) groups is 1. The Morgan fingerprint density at radius 3 is 2.38 bits per heavy atom. The average Bonchev–Trinajstić information content (AvgIpc) is 2.00. The first kappa shape index (κ1) is 10.7. The lowest BCUT2D eigenvalue weighted by Crippen LogP contribution is -2.36. The molecule has 72 valence electrons. The van der Waals surface area contributed by atoms with Crippen LogP contribution < -0.4 is 0 Å². The highest BCUT2D eigenvalue weighted by atomic mass is 32.2. The lowest BCUT2D eigenvalue weighted by atomic mass is 9.96. The van der Waals surface area contributed by atoms with Crippen molar-refractivity contribution in [3.8, 4) is 0 Å². The maximum Gasteiger partial charge on any atom is 0.323 e. The van der Waals surface area contributed by atoms with Gasteiger partial charge in [-0.25, -0.2) is 0 Å². The van der Waals surface area contributed by atoms with Crippen LogP contribution in [-0.4, -0.2) is 10.2 Å². The molecule has 1 aliphatic heterocycles. The molecule has 1 saturated heterocycles. The SMILES string of the molecule is CC(C)=C1OC(=O)C(C)(C)C(=S)S1. The molecule has 0 radical (unpaired) electrons. The van der Waals surface area contributed by atoms with Crippen molar-refractivity contribution in [3.05, 3.63) is 10.7 Å². The first-order valence-corrected chi connectivity index (χ1v) is 5.20. The highest BCUT2D eigenvalue weighted by molar-refractivity contribution is 8.25. The van der Waals surface area contributed by atoms with Crippen LogP contribution >= 0.6 is 24.0 Å². The minimum Gasteiger partial charge on any atom is -0.418 e. The fourth-order valence-corrected chi connectivity index (χ4v) is 1.87. The highest BCUT2D eigenvalue weighted by Crippen LogP contribution is 2.39. The quantitative estimate of drug-likeness (QED) is 0.459. The zero-order valence-electron chi connectivity index (χ0n) is 8.13. The van der Waals surface area contributed by atoms with E-state index in [1.807, 2.05) is 13.8 Å². The van der Waals surface area contributed by atoms with Crippen molar-refractivity contribution in [2.24, 2.45) is 5.41 Å². The topological polar surface area (TPSA) is 26.3 Å². The van der Waals surface area contributed by atoms with Gasteiger partial charge in [-0.05, 0) is 45.0 Å². The van der Waals surface area contributed by atoms with Gasteiger partial charge < -0.3 is 4.74 Å². The van der Waals surface area contributed by atoms with Gasteiger partial charge in [0.25, 0.3) is 0 Å². The van der Waals surface area contributed by atoms with Gasteiger partial charge in [-0.2, -0.15) is 0 Å². The van der Waals surface area contributed by atoms with E-state index in [1.165, 1.54) is 11.8 Å². The van der Waals surface area contributed by atoms with Gasteiger partial charge in [-0.15, -0.1) is 0 Å². The van der Waals surface area contributed by atoms with E-state index in [0.717, 1.165) is 5.57 Å². The van der Waals surface area contributed by atoms with Crippen molar-refractivity contribution in [2.75, 3.05) is 0 Å². The number of rotatable bonds is 0. The zero-order valence-corrected chi connectivity index (χ0v) is 9.77. The molecule has 0 spiro atoms. The number of cyclic esters (lactones) is 1. The van der Waals surface area contributed by atoms with Crippen molar-refractivity contribution in [1.82, 2.24) is 0 Å². The molecule has 0 aliphatic carbocycles. The van der Waals surface area contributed by atoms with E-state index in [9.17, 15) is 4.79 Å². The molecule has 13 heavy (non-hydrogen) atoms. The van der Waals surface area contributed by atoms with Crippen LogP contribution in [-0.2, 0) is 9.53 Å². The maximum atomic E-state index is 11.5. The molecule has 0 amide bonds. The van der Waals surface area contributed by atoms with Crippen LogP contribution in [0.4, 0.5) is 0 Å². The molecule has 1 aliphatic rings. The summed E-state index contributed by atoms with van der Waals surface area (Å²) in [4.78, 5) is 11.5. The Morgan fingerprint density at radius 1 is 1.46 bits per heavy atom. The number of esters is 1. The van der Waals surface area contributed by atoms with Crippen molar-refractivity contribution in [3.63, 3.8) is 0 Å². The molecular weight excluding hydrogens is 204 g/mol. The summed E-state index contributed by atoms with van der Waals surface area (Å²) in [6, 6.07) is 0. The van der Waals surface area contributed by atoms with Crippen LogP contribution in [0, 0.1) is 5.41 Å². The van der Waals surface area contributed by atoms with Crippen molar-refractivity contribution in [2.45, 2.75) is 27.7 Å². The third-order valence-electron chi connectivity index (χ3n) is 1.80. The predicted octanol–water partition coefficient (Wildman–Crippen LogP) is 2.88. The van der Waals surface area contributed by atoms with Crippen molar-refractivity contribution in [1.29, 1.82) is 0 Å². The van der Waals surface area contributed by atoms with Crippen LogP contribution in [0.2, 0.25) is 0 Å². The largest absolute Gasteiger partial charge is 0.418 e. The van der Waals surface area contributed by atoms with Crippen molar-refractivity contribution < 1.29 is 9.53 Å². The number of thiocarbonyl (C=S) groups is 1. The first-order valence-electron chi connectivity index (χ1n) is 3.97. The number of ether oxygens (including phenoxy) is 1. The Balaban J connectivity index is 3.00. The second-order valence-electron chi connectivity index (χ2n) is 3.69. The number of hydrogen-bond donors (Lipinski definition) is 0. The summed E-state index contributed by atoms with van der Waals surface area (Å²) in [7, 11) is 0. The molecule has 1 heterocycles. The summed E-state index contributed by atoms with van der Waals surface area (Å²) < 4.78 is 5.83. The summed E-state index contributed by atoms with van der Waals surface area (Å²) in [6.07, 6.45) is 0. The van der Waals surface area contributed by atoms with Crippen LogP contribution in [0.5, 0.6) is 0 Å². The summed E-state index contributed by atoms with van der Waals surface area (Å²) in [5.74, 6) is -0.257. The van der Waals surface area contributed by atoms with E-state index >= 15 is 0 Å². The van der Waals surface area contributed by atoms with Crippen molar-refractivity contribution >= 4 is 34.1 Å². The van der Waals surface area contributed by atoms with E-state index in [1.54, 1.807) is 13.8 Å². The maximum absolute atomic E-state index is 11.5. The second-order valence-corrected chi connectivity index (χ2v) is 5.34. The average molecular weight is 216 g/mol. The molecule has 0 bridgehead atoms. The standard InChI is InChI=1S/C9H12O2S2/c1-5(2)6-11-7(10)9(3,4)8(12)13-6/h1-4H3. The first-order chi connectivity index (χ1) is 5.85. The number of hydrogen-bond acceptors (Lipinski definition) is 4. The van der Waals surface area contributed by atoms with E-state index in [2.05, 4.69) is 0 Å². The summed E-state index contributed by atoms with van der Waals surface area (Å²) >= 11 is 6.52. The predicted molar refractivity (Wildman–Crippen MR) is 58.4 cm³/mol. The molecule has 0 aromatic carbocycles. The molecule has 2 nitrogen and oxygen atoms in total. The smallest absolute Gasteiger partial charge is 0.323 e. The lowest BCUT2D eigenvalue weighted by molar-refractivity contribution is -0.144. The van der Waals surface area contributed by atoms with E-state index < -0.39 is 5.41 Å². The molecule has 0 saturated carbocycles. The normalized spacial score (nSPS) is 21.4. The highest BCUT2D eigenvalue weighted by Gasteiger charge is 2.40. The Morgan fingerprint density at radius 2 is 2.00 bits per heavy atom. The molecule has 0 unspecified atom stereocenters. The van der Waals surface area contributed by atoms with E-state index in [4.69, 9.17) is 17.0 Å². The monoisotopic (exact) mass is 216 g/mol. The molecule has 0 aromatic heterocycles. The van der Waals surface area contributed by atoms with Gasteiger partial charge in [0.05, 0.1) is 4.20 Å². The molecule has 1 rings (SSSR count). The van der Waals surface area contributed by atoms with Gasteiger partial charge in [0.15, 0.2) is 5.09 Å². The van der Waals surface area contributed by atoms with E-state index in [-0.39, 0.29) is 5.97 Å².